The molecule has 1 aliphatic heterocycles. The average Bonchev–Trinajstić information content (AvgIpc) is 2.67. The number of benzene rings is 2. The van der Waals surface area contributed by atoms with Gasteiger partial charge in [0.05, 0.1) is 19.3 Å². The smallest absolute Gasteiger partial charge is 0.410 e. The number of hydrogen-bond acceptors (Lipinski definition) is 4. The van der Waals surface area contributed by atoms with Crippen LogP contribution in [0.4, 0.5) is 10.5 Å². The molecule has 2 aromatic rings. The van der Waals surface area contributed by atoms with Crippen molar-refractivity contribution in [3.8, 4) is 0 Å². The van der Waals surface area contributed by atoms with Crippen molar-refractivity contribution < 1.29 is 14.3 Å². The lowest BCUT2D eigenvalue weighted by Crippen LogP contribution is -2.45. The summed E-state index contributed by atoms with van der Waals surface area (Å²) in [7, 11) is 0. The van der Waals surface area contributed by atoms with Crippen LogP contribution in [0.25, 0.3) is 0 Å². The van der Waals surface area contributed by atoms with Crippen LogP contribution in [0.3, 0.4) is 0 Å². The first-order valence-corrected chi connectivity index (χ1v) is 9.85. The van der Waals surface area contributed by atoms with Crippen molar-refractivity contribution in [3.63, 3.8) is 0 Å². The van der Waals surface area contributed by atoms with E-state index in [1.165, 1.54) is 0 Å². The third-order valence-electron chi connectivity index (χ3n) is 4.46. The second-order valence-electron chi connectivity index (χ2n) is 7.87. The Kier molecular flexibility index (Phi) is 6.47. The van der Waals surface area contributed by atoms with E-state index in [-0.39, 0.29) is 12.1 Å². The number of carbonyl (C=O) groups excluding carboxylic acids is 1. The van der Waals surface area contributed by atoms with Crippen molar-refractivity contribution in [1.29, 1.82) is 0 Å². The Balaban J connectivity index is 1.65. The maximum atomic E-state index is 12.6. The van der Waals surface area contributed by atoms with Gasteiger partial charge in [-0.05, 0) is 56.2 Å². The molecule has 5 nitrogen and oxygen atoms in total. The molecule has 0 bridgehead atoms. The van der Waals surface area contributed by atoms with Crippen LogP contribution in [-0.2, 0) is 16.0 Å². The summed E-state index contributed by atoms with van der Waals surface area (Å²) in [6.45, 7) is 7.86. The van der Waals surface area contributed by atoms with Gasteiger partial charge in [-0.3, -0.25) is 4.90 Å². The molecule has 1 atom stereocenters. The molecule has 0 radical (unpaired) electrons. The van der Waals surface area contributed by atoms with E-state index in [9.17, 15) is 4.79 Å². The third-order valence-corrected chi connectivity index (χ3v) is 4.71. The van der Waals surface area contributed by atoms with Gasteiger partial charge in [-0.2, -0.15) is 0 Å². The maximum absolute atomic E-state index is 12.6. The van der Waals surface area contributed by atoms with Gasteiger partial charge in [0.1, 0.15) is 5.60 Å². The van der Waals surface area contributed by atoms with Gasteiger partial charge in [0, 0.05) is 23.8 Å². The number of anilines is 1. The van der Waals surface area contributed by atoms with Crippen LogP contribution in [0.15, 0.2) is 48.5 Å². The zero-order valence-electron chi connectivity index (χ0n) is 16.6. The molecule has 0 saturated carbocycles. The Morgan fingerprint density at radius 3 is 2.50 bits per heavy atom. The maximum Gasteiger partial charge on any atom is 0.410 e. The van der Waals surface area contributed by atoms with Gasteiger partial charge in [-0.15, -0.1) is 0 Å². The second kappa shape index (κ2) is 8.84. The lowest BCUT2D eigenvalue weighted by molar-refractivity contribution is -0.0331. The summed E-state index contributed by atoms with van der Waals surface area (Å²) in [5.41, 5.74) is 2.68. The molecule has 0 spiro atoms. The van der Waals surface area contributed by atoms with Gasteiger partial charge in [0.25, 0.3) is 0 Å². The number of nitrogens with one attached hydrogen (secondary N) is 1. The monoisotopic (exact) mass is 402 g/mol. The Hall–Kier alpha value is -2.24. The molecule has 1 amide bonds. The van der Waals surface area contributed by atoms with Crippen LogP contribution < -0.4 is 5.32 Å². The predicted molar refractivity (Wildman–Crippen MR) is 112 cm³/mol. The zero-order chi connectivity index (χ0) is 20.1. The summed E-state index contributed by atoms with van der Waals surface area (Å²) in [6.07, 6.45) is -0.300. The minimum atomic E-state index is -0.518. The summed E-state index contributed by atoms with van der Waals surface area (Å²) in [6, 6.07) is 15.7. The Labute approximate surface area is 171 Å². The molecule has 6 heteroatoms. The lowest BCUT2D eigenvalue weighted by Gasteiger charge is -2.36. The molecule has 2 aromatic carbocycles. The van der Waals surface area contributed by atoms with Gasteiger partial charge >= 0.3 is 6.09 Å². The number of amides is 1. The number of morpholine rings is 1. The number of nitrogens with zero attached hydrogens (tertiary/aromatic N) is 1. The second-order valence-corrected chi connectivity index (χ2v) is 8.30. The molecule has 3 rings (SSSR count). The van der Waals surface area contributed by atoms with Crippen LogP contribution in [-0.4, -0.2) is 36.4 Å². The van der Waals surface area contributed by atoms with Crippen molar-refractivity contribution in [1.82, 2.24) is 4.90 Å². The third kappa shape index (κ3) is 5.63. The molecule has 0 aliphatic carbocycles. The first-order valence-electron chi connectivity index (χ1n) is 9.47. The van der Waals surface area contributed by atoms with E-state index in [1.807, 2.05) is 69.3 Å². The van der Waals surface area contributed by atoms with Crippen LogP contribution in [0.1, 0.15) is 37.9 Å². The fourth-order valence-electron chi connectivity index (χ4n) is 3.05. The van der Waals surface area contributed by atoms with Gasteiger partial charge in [-0.1, -0.05) is 35.9 Å². The van der Waals surface area contributed by atoms with Crippen LogP contribution >= 0.6 is 11.6 Å². The molecule has 1 N–H and O–H groups in total. The van der Waals surface area contributed by atoms with E-state index >= 15 is 0 Å². The van der Waals surface area contributed by atoms with Crippen LogP contribution in [0.5, 0.6) is 0 Å². The van der Waals surface area contributed by atoms with Crippen molar-refractivity contribution in [2.75, 3.05) is 25.1 Å². The highest BCUT2D eigenvalue weighted by Crippen LogP contribution is 2.27. The first-order chi connectivity index (χ1) is 13.3. The fourth-order valence-corrected chi connectivity index (χ4v) is 3.17. The van der Waals surface area contributed by atoms with E-state index in [0.717, 1.165) is 21.8 Å². The van der Waals surface area contributed by atoms with Crippen LogP contribution in [0.2, 0.25) is 5.02 Å². The molecular weight excluding hydrogens is 376 g/mol. The highest BCUT2D eigenvalue weighted by Gasteiger charge is 2.31. The molecule has 150 valence electrons. The molecule has 1 fully saturated rings. The first kappa shape index (κ1) is 20.5. The topological polar surface area (TPSA) is 50.8 Å². The van der Waals surface area contributed by atoms with Gasteiger partial charge in [0.15, 0.2) is 0 Å². The van der Waals surface area contributed by atoms with E-state index in [1.54, 1.807) is 4.90 Å². The number of ether oxygens (including phenoxy) is 2. The van der Waals surface area contributed by atoms with Crippen molar-refractivity contribution >= 4 is 23.4 Å². The number of carbonyl (C=O) groups is 1. The van der Waals surface area contributed by atoms with E-state index in [2.05, 4.69) is 5.32 Å². The van der Waals surface area contributed by atoms with E-state index < -0.39 is 5.60 Å². The van der Waals surface area contributed by atoms with Gasteiger partial charge in [-0.25, -0.2) is 4.79 Å². The lowest BCUT2D eigenvalue weighted by atomic mass is 10.0. The molecule has 1 saturated heterocycles. The van der Waals surface area contributed by atoms with Crippen molar-refractivity contribution in [2.24, 2.45) is 0 Å². The quantitative estimate of drug-likeness (QED) is 0.757. The molecular formula is C22H27ClN2O3. The zero-order valence-corrected chi connectivity index (χ0v) is 17.3. The van der Waals surface area contributed by atoms with Crippen molar-refractivity contribution in [2.45, 2.75) is 39.0 Å². The largest absolute Gasteiger partial charge is 0.444 e. The molecule has 0 aromatic heterocycles. The van der Waals surface area contributed by atoms with E-state index in [0.29, 0.717) is 26.3 Å². The Morgan fingerprint density at radius 2 is 1.86 bits per heavy atom. The Morgan fingerprint density at radius 1 is 1.18 bits per heavy atom. The van der Waals surface area contributed by atoms with Crippen molar-refractivity contribution in [3.05, 3.63) is 64.7 Å². The normalized spacial score (nSPS) is 17.3. The fraction of sp³-hybridized carbons (Fsp3) is 0.409. The minimum Gasteiger partial charge on any atom is -0.444 e. The van der Waals surface area contributed by atoms with Gasteiger partial charge < -0.3 is 14.8 Å². The predicted octanol–water partition coefficient (Wildman–Crippen LogP) is 5.26. The average molecular weight is 403 g/mol. The molecule has 1 aliphatic rings. The molecule has 28 heavy (non-hydrogen) atoms. The van der Waals surface area contributed by atoms with E-state index in [4.69, 9.17) is 21.1 Å². The summed E-state index contributed by atoms with van der Waals surface area (Å²) in [4.78, 5) is 14.3. The SMILES string of the molecule is CC(C)(C)OC(=O)N1CCOCC1c1ccc(NCc2ccc(Cl)cc2)cc1. The number of halogens is 1. The standard InChI is InChI=1S/C22H27ClN2O3/c1-22(2,3)28-21(26)25-12-13-27-15-20(25)17-6-10-19(11-7-17)24-14-16-4-8-18(23)9-5-16/h4-11,20,24H,12-15H2,1-3H3. The summed E-state index contributed by atoms with van der Waals surface area (Å²) >= 11 is 5.92. The van der Waals surface area contributed by atoms with Crippen LogP contribution in [0, 0.1) is 0 Å². The highest BCUT2D eigenvalue weighted by molar-refractivity contribution is 6.30. The Bertz CT molecular complexity index is 785. The number of rotatable bonds is 4. The summed E-state index contributed by atoms with van der Waals surface area (Å²) < 4.78 is 11.2. The minimum absolute atomic E-state index is 0.145. The summed E-state index contributed by atoms with van der Waals surface area (Å²) in [5.74, 6) is 0. The molecule has 1 heterocycles. The highest BCUT2D eigenvalue weighted by atomic mass is 35.5. The van der Waals surface area contributed by atoms with Gasteiger partial charge in [0.2, 0.25) is 0 Å². The summed E-state index contributed by atoms with van der Waals surface area (Å²) in [5, 5.41) is 4.13. The number of hydrogen-bond donors (Lipinski definition) is 1. The molecule has 1 unspecified atom stereocenters.